The summed E-state index contributed by atoms with van der Waals surface area (Å²) in [6.07, 6.45) is 6.54. The molecular weight excluding hydrogens is 266 g/mol. The highest BCUT2D eigenvalue weighted by atomic mass is 35.5. The minimum Gasteiger partial charge on any atom is -0.376 e. The van der Waals surface area contributed by atoms with Gasteiger partial charge in [0.05, 0.1) is 19.2 Å². The third kappa shape index (κ3) is 3.87. The van der Waals surface area contributed by atoms with Crippen LogP contribution < -0.4 is 0 Å². The lowest BCUT2D eigenvalue weighted by molar-refractivity contribution is 0.0914. The van der Waals surface area contributed by atoms with Crippen LogP contribution in [0.2, 0.25) is 0 Å². The third-order valence-corrected chi connectivity index (χ3v) is 3.82. The molecule has 1 aromatic heterocycles. The summed E-state index contributed by atoms with van der Waals surface area (Å²) in [6, 6.07) is 0. The van der Waals surface area contributed by atoms with Crippen molar-refractivity contribution in [3.05, 3.63) is 5.82 Å². The van der Waals surface area contributed by atoms with E-state index in [1.54, 1.807) is 0 Å². The molecule has 2 saturated heterocycles. The number of tetrazole rings is 1. The summed E-state index contributed by atoms with van der Waals surface area (Å²) in [4.78, 5) is 2.45. The van der Waals surface area contributed by atoms with E-state index >= 15 is 0 Å². The molecule has 0 saturated carbocycles. The van der Waals surface area contributed by atoms with E-state index in [0.717, 1.165) is 38.4 Å². The molecule has 1 unspecified atom stereocenters. The molecule has 7 heteroatoms. The number of likely N-dealkylation sites (tertiary alicyclic amines) is 1. The van der Waals surface area contributed by atoms with Crippen molar-refractivity contribution < 1.29 is 4.74 Å². The van der Waals surface area contributed by atoms with Crippen LogP contribution >= 0.6 is 12.4 Å². The fourth-order valence-corrected chi connectivity index (χ4v) is 2.78. The first kappa shape index (κ1) is 14.7. The molecule has 0 N–H and O–H groups in total. The minimum absolute atomic E-state index is 0. The molecule has 2 fully saturated rings. The summed E-state index contributed by atoms with van der Waals surface area (Å²) >= 11 is 0. The van der Waals surface area contributed by atoms with Crippen molar-refractivity contribution in [2.75, 3.05) is 19.7 Å². The Morgan fingerprint density at radius 2 is 2.00 bits per heavy atom. The molecule has 3 heterocycles. The van der Waals surface area contributed by atoms with E-state index in [9.17, 15) is 0 Å². The predicted octanol–water partition coefficient (Wildman–Crippen LogP) is 1.26. The molecule has 0 spiro atoms. The molecule has 0 radical (unpaired) electrons. The Kier molecular flexibility index (Phi) is 5.54. The van der Waals surface area contributed by atoms with Gasteiger partial charge in [-0.1, -0.05) is 6.42 Å². The number of aromatic nitrogens is 4. The van der Waals surface area contributed by atoms with Gasteiger partial charge in [-0.3, -0.25) is 4.90 Å². The zero-order valence-corrected chi connectivity index (χ0v) is 12.0. The summed E-state index contributed by atoms with van der Waals surface area (Å²) in [7, 11) is 0. The number of hydrogen-bond acceptors (Lipinski definition) is 5. The predicted molar refractivity (Wildman–Crippen MR) is 73.2 cm³/mol. The van der Waals surface area contributed by atoms with Gasteiger partial charge in [0.15, 0.2) is 5.82 Å². The summed E-state index contributed by atoms with van der Waals surface area (Å²) in [5, 5.41) is 12.1. The van der Waals surface area contributed by atoms with Gasteiger partial charge in [0, 0.05) is 6.61 Å². The zero-order valence-electron chi connectivity index (χ0n) is 11.2. The Morgan fingerprint density at radius 1 is 1.16 bits per heavy atom. The molecule has 1 atom stereocenters. The number of nitrogens with zero attached hydrogens (tertiary/aromatic N) is 5. The molecule has 1 aromatic rings. The standard InChI is InChI=1S/C12H21N5O.ClH/c1-2-6-16(7-3-1)10-12-13-14-15-17(12)9-11-5-4-8-18-11;/h11H,1-10H2;1H. The topological polar surface area (TPSA) is 56.1 Å². The van der Waals surface area contributed by atoms with Crippen molar-refractivity contribution in [3.8, 4) is 0 Å². The summed E-state index contributed by atoms with van der Waals surface area (Å²) in [5.41, 5.74) is 0. The van der Waals surface area contributed by atoms with Crippen molar-refractivity contribution in [1.82, 2.24) is 25.1 Å². The maximum Gasteiger partial charge on any atom is 0.165 e. The zero-order chi connectivity index (χ0) is 12.2. The fraction of sp³-hybridized carbons (Fsp3) is 0.917. The third-order valence-electron chi connectivity index (χ3n) is 3.82. The van der Waals surface area contributed by atoms with Crippen molar-refractivity contribution in [2.45, 2.75) is 51.3 Å². The molecule has 3 rings (SSSR count). The average molecular weight is 288 g/mol. The lowest BCUT2D eigenvalue weighted by Crippen LogP contribution is -2.31. The van der Waals surface area contributed by atoms with E-state index in [1.165, 1.54) is 32.4 Å². The number of ether oxygens (including phenoxy) is 1. The molecule has 0 aliphatic carbocycles. The normalized spacial score (nSPS) is 24.3. The van der Waals surface area contributed by atoms with E-state index in [1.807, 2.05) is 4.68 Å². The number of hydrogen-bond donors (Lipinski definition) is 0. The second-order valence-electron chi connectivity index (χ2n) is 5.25. The van der Waals surface area contributed by atoms with Gasteiger partial charge in [-0.25, -0.2) is 4.68 Å². The molecule has 2 aliphatic rings. The molecule has 0 bridgehead atoms. The van der Waals surface area contributed by atoms with Crippen LogP contribution in [0.4, 0.5) is 0 Å². The van der Waals surface area contributed by atoms with E-state index in [0.29, 0.717) is 6.10 Å². The number of halogens is 1. The van der Waals surface area contributed by atoms with Crippen LogP contribution in [-0.4, -0.2) is 50.9 Å². The van der Waals surface area contributed by atoms with E-state index in [4.69, 9.17) is 4.74 Å². The van der Waals surface area contributed by atoms with Crippen molar-refractivity contribution in [3.63, 3.8) is 0 Å². The Bertz CT molecular complexity index is 374. The Hall–Kier alpha value is -0.720. The molecule has 2 aliphatic heterocycles. The molecule has 0 aromatic carbocycles. The monoisotopic (exact) mass is 287 g/mol. The van der Waals surface area contributed by atoms with Gasteiger partial charge in [-0.05, 0) is 49.2 Å². The first-order chi connectivity index (χ1) is 8.92. The highest BCUT2D eigenvalue weighted by molar-refractivity contribution is 5.85. The Labute approximate surface area is 119 Å². The highest BCUT2D eigenvalue weighted by Gasteiger charge is 2.20. The fourth-order valence-electron chi connectivity index (χ4n) is 2.78. The van der Waals surface area contributed by atoms with Crippen molar-refractivity contribution >= 4 is 12.4 Å². The molecule has 0 amide bonds. The summed E-state index contributed by atoms with van der Waals surface area (Å²) in [6.45, 7) is 4.91. The molecule has 108 valence electrons. The van der Waals surface area contributed by atoms with Gasteiger partial charge in [-0.2, -0.15) is 0 Å². The number of rotatable bonds is 4. The SMILES string of the molecule is C1CCN(Cc2nnnn2CC2CCCO2)CC1.Cl. The lowest BCUT2D eigenvalue weighted by atomic mass is 10.1. The summed E-state index contributed by atoms with van der Waals surface area (Å²) < 4.78 is 7.56. The first-order valence-corrected chi connectivity index (χ1v) is 7.01. The summed E-state index contributed by atoms with van der Waals surface area (Å²) in [5.74, 6) is 0.979. The van der Waals surface area contributed by atoms with E-state index in [2.05, 4.69) is 20.4 Å². The van der Waals surface area contributed by atoms with Crippen LogP contribution in [-0.2, 0) is 17.8 Å². The molecule has 6 nitrogen and oxygen atoms in total. The largest absolute Gasteiger partial charge is 0.376 e. The van der Waals surface area contributed by atoms with E-state index in [-0.39, 0.29) is 12.4 Å². The molecular formula is C12H22ClN5O. The Morgan fingerprint density at radius 3 is 2.74 bits per heavy atom. The van der Waals surface area contributed by atoms with E-state index < -0.39 is 0 Å². The van der Waals surface area contributed by atoms with Crippen LogP contribution in [0.1, 0.15) is 37.9 Å². The quantitative estimate of drug-likeness (QED) is 0.834. The first-order valence-electron chi connectivity index (χ1n) is 7.01. The number of piperidine rings is 1. The minimum atomic E-state index is 0. The van der Waals surface area contributed by atoms with Crippen LogP contribution in [0.3, 0.4) is 0 Å². The van der Waals surface area contributed by atoms with Crippen molar-refractivity contribution in [2.24, 2.45) is 0 Å². The van der Waals surface area contributed by atoms with Crippen LogP contribution in [0.15, 0.2) is 0 Å². The second-order valence-corrected chi connectivity index (χ2v) is 5.25. The maximum absolute atomic E-state index is 5.64. The van der Waals surface area contributed by atoms with Gasteiger partial charge in [0.25, 0.3) is 0 Å². The maximum atomic E-state index is 5.64. The molecule has 19 heavy (non-hydrogen) atoms. The van der Waals surface area contributed by atoms with Gasteiger partial charge in [-0.15, -0.1) is 17.5 Å². The van der Waals surface area contributed by atoms with Crippen LogP contribution in [0, 0.1) is 0 Å². The highest BCUT2D eigenvalue weighted by Crippen LogP contribution is 2.15. The van der Waals surface area contributed by atoms with Crippen LogP contribution in [0.25, 0.3) is 0 Å². The van der Waals surface area contributed by atoms with Crippen LogP contribution in [0.5, 0.6) is 0 Å². The lowest BCUT2D eigenvalue weighted by Gasteiger charge is -2.25. The van der Waals surface area contributed by atoms with Gasteiger partial charge in [0.1, 0.15) is 0 Å². The van der Waals surface area contributed by atoms with Gasteiger partial charge in [0.2, 0.25) is 0 Å². The average Bonchev–Trinajstić information content (AvgIpc) is 3.04. The van der Waals surface area contributed by atoms with Crippen molar-refractivity contribution in [1.29, 1.82) is 0 Å². The van der Waals surface area contributed by atoms with Gasteiger partial charge < -0.3 is 4.74 Å². The second kappa shape index (κ2) is 7.17. The smallest absolute Gasteiger partial charge is 0.165 e. The van der Waals surface area contributed by atoms with Gasteiger partial charge >= 0.3 is 0 Å². The Balaban J connectivity index is 0.00000133.